The number of nitrogens with one attached hydrogen (secondary N) is 1. The summed E-state index contributed by atoms with van der Waals surface area (Å²) in [5.41, 5.74) is 4.07. The Morgan fingerprint density at radius 3 is 2.58 bits per heavy atom. The van der Waals surface area contributed by atoms with Gasteiger partial charge in [0.2, 0.25) is 0 Å². The topological polar surface area (TPSA) is 67.6 Å². The zero-order valence-electron chi connectivity index (χ0n) is 13.9. The van der Waals surface area contributed by atoms with Gasteiger partial charge in [0.1, 0.15) is 5.60 Å². The third-order valence-electron chi connectivity index (χ3n) is 3.61. The van der Waals surface area contributed by atoms with E-state index >= 15 is 0 Å². The van der Waals surface area contributed by atoms with Crippen LogP contribution >= 0.6 is 0 Å². The number of halogens is 3. The number of hydrogen-bond acceptors (Lipinski definition) is 4. The molecule has 0 spiro atoms. The molecule has 0 radical (unpaired) electrons. The Balaban J connectivity index is 2.03. The van der Waals surface area contributed by atoms with Crippen LogP contribution in [0.3, 0.4) is 0 Å². The van der Waals surface area contributed by atoms with Crippen molar-refractivity contribution in [2.75, 3.05) is 24.1 Å². The number of carbonyl (C=O) groups excluding carboxylic acids is 1. The standard InChI is InChI=1S/C16H22F3N3O2/c1-15(2,3)24-14(23)22-8-7-10(9-22)21-12-6-4-5-11(13(12)20)16(17,18)19/h4-6,10,21H,7-9,20H2,1-3H3/t10-/m0/s1. The lowest BCUT2D eigenvalue weighted by molar-refractivity contribution is -0.136. The number of carbonyl (C=O) groups is 1. The van der Waals surface area contributed by atoms with Gasteiger partial charge in [-0.25, -0.2) is 4.79 Å². The minimum absolute atomic E-state index is 0.177. The number of likely N-dealkylation sites (tertiary alicyclic amines) is 1. The van der Waals surface area contributed by atoms with Crippen molar-refractivity contribution < 1.29 is 22.7 Å². The summed E-state index contributed by atoms with van der Waals surface area (Å²) in [6.07, 6.45) is -4.32. The van der Waals surface area contributed by atoms with Gasteiger partial charge in [-0.3, -0.25) is 0 Å². The Bertz CT molecular complexity index is 612. The molecule has 5 nitrogen and oxygen atoms in total. The van der Waals surface area contributed by atoms with Crippen LogP contribution in [-0.4, -0.2) is 35.7 Å². The van der Waals surface area contributed by atoms with Crippen molar-refractivity contribution in [1.82, 2.24) is 4.90 Å². The van der Waals surface area contributed by atoms with E-state index in [4.69, 9.17) is 10.5 Å². The molecule has 24 heavy (non-hydrogen) atoms. The van der Waals surface area contributed by atoms with Gasteiger partial charge in [0.25, 0.3) is 0 Å². The van der Waals surface area contributed by atoms with E-state index < -0.39 is 23.4 Å². The van der Waals surface area contributed by atoms with Gasteiger partial charge in [-0.05, 0) is 39.3 Å². The molecule has 0 aliphatic carbocycles. The number of amides is 1. The number of anilines is 2. The number of hydrogen-bond donors (Lipinski definition) is 2. The second-order valence-corrected chi connectivity index (χ2v) is 6.82. The molecule has 1 amide bonds. The maximum Gasteiger partial charge on any atom is 0.418 e. The van der Waals surface area contributed by atoms with Gasteiger partial charge >= 0.3 is 12.3 Å². The SMILES string of the molecule is CC(C)(C)OC(=O)N1CC[C@H](Nc2cccc(C(F)(F)F)c2N)C1. The van der Waals surface area contributed by atoms with Gasteiger partial charge in [0, 0.05) is 19.1 Å². The van der Waals surface area contributed by atoms with Crippen molar-refractivity contribution in [3.05, 3.63) is 23.8 Å². The molecule has 1 aliphatic heterocycles. The molecule has 0 saturated carbocycles. The van der Waals surface area contributed by atoms with E-state index in [1.54, 1.807) is 20.8 Å². The van der Waals surface area contributed by atoms with Gasteiger partial charge in [0.15, 0.2) is 0 Å². The minimum Gasteiger partial charge on any atom is -0.444 e. The molecule has 1 atom stereocenters. The Labute approximate surface area is 138 Å². The van der Waals surface area contributed by atoms with Crippen LogP contribution in [0.1, 0.15) is 32.8 Å². The number of nitrogens with zero attached hydrogens (tertiary/aromatic N) is 1. The predicted octanol–water partition coefficient (Wildman–Crippen LogP) is 3.71. The molecular formula is C16H22F3N3O2. The summed E-state index contributed by atoms with van der Waals surface area (Å²) < 4.78 is 44.0. The Hall–Kier alpha value is -2.12. The van der Waals surface area contributed by atoms with Crippen LogP contribution in [0.15, 0.2) is 18.2 Å². The molecule has 1 saturated heterocycles. The Kier molecular flexibility index (Phi) is 4.87. The smallest absolute Gasteiger partial charge is 0.418 e. The van der Waals surface area contributed by atoms with Gasteiger partial charge < -0.3 is 20.7 Å². The summed E-state index contributed by atoms with van der Waals surface area (Å²) in [5, 5.41) is 2.99. The molecule has 3 N–H and O–H groups in total. The van der Waals surface area contributed by atoms with Gasteiger partial charge in [-0.1, -0.05) is 6.07 Å². The fraction of sp³-hybridized carbons (Fsp3) is 0.562. The highest BCUT2D eigenvalue weighted by Gasteiger charge is 2.34. The summed E-state index contributed by atoms with van der Waals surface area (Å²) in [5.74, 6) is 0. The summed E-state index contributed by atoms with van der Waals surface area (Å²) in [6.45, 7) is 6.16. The molecule has 0 bridgehead atoms. The van der Waals surface area contributed by atoms with Crippen LogP contribution in [0.2, 0.25) is 0 Å². The maximum absolute atomic E-state index is 12.9. The van der Waals surface area contributed by atoms with E-state index in [9.17, 15) is 18.0 Å². The number of nitrogens with two attached hydrogens (primary N) is 1. The Morgan fingerprint density at radius 2 is 2.00 bits per heavy atom. The average molecular weight is 345 g/mol. The van der Waals surface area contributed by atoms with Gasteiger partial charge in [-0.2, -0.15) is 13.2 Å². The molecule has 1 heterocycles. The number of ether oxygens (including phenoxy) is 1. The summed E-state index contributed by atoms with van der Waals surface area (Å²) in [6, 6.07) is 3.58. The average Bonchev–Trinajstić information content (AvgIpc) is 2.86. The molecule has 1 fully saturated rings. The predicted molar refractivity (Wildman–Crippen MR) is 85.7 cm³/mol. The van der Waals surface area contributed by atoms with E-state index in [-0.39, 0.29) is 17.4 Å². The van der Waals surface area contributed by atoms with Crippen molar-refractivity contribution in [3.63, 3.8) is 0 Å². The molecule has 1 aromatic rings. The highest BCUT2D eigenvalue weighted by atomic mass is 19.4. The van der Waals surface area contributed by atoms with Gasteiger partial charge in [0.05, 0.1) is 16.9 Å². The highest BCUT2D eigenvalue weighted by molar-refractivity contribution is 5.72. The fourth-order valence-electron chi connectivity index (χ4n) is 2.53. The first-order valence-electron chi connectivity index (χ1n) is 7.67. The Morgan fingerprint density at radius 1 is 1.33 bits per heavy atom. The number of benzene rings is 1. The quantitative estimate of drug-likeness (QED) is 0.802. The van der Waals surface area contributed by atoms with Crippen LogP contribution in [0.5, 0.6) is 0 Å². The molecule has 0 unspecified atom stereocenters. The van der Waals surface area contributed by atoms with E-state index in [1.807, 2.05) is 0 Å². The highest BCUT2D eigenvalue weighted by Crippen LogP contribution is 2.37. The minimum atomic E-state index is -4.50. The second kappa shape index (κ2) is 6.41. The lowest BCUT2D eigenvalue weighted by Gasteiger charge is -2.24. The van der Waals surface area contributed by atoms with Crippen molar-refractivity contribution in [1.29, 1.82) is 0 Å². The van der Waals surface area contributed by atoms with Crippen molar-refractivity contribution in [3.8, 4) is 0 Å². The summed E-state index contributed by atoms with van der Waals surface area (Å²) in [4.78, 5) is 13.5. The molecule has 1 aromatic carbocycles. The number of rotatable bonds is 2. The van der Waals surface area contributed by atoms with Crippen molar-refractivity contribution in [2.24, 2.45) is 0 Å². The normalized spacial score (nSPS) is 18.6. The molecule has 0 aromatic heterocycles. The van der Waals surface area contributed by atoms with Crippen LogP contribution in [-0.2, 0) is 10.9 Å². The molecule has 8 heteroatoms. The molecule has 1 aliphatic rings. The molecular weight excluding hydrogens is 323 g/mol. The number of nitrogen functional groups attached to an aromatic ring is 1. The van der Waals surface area contributed by atoms with E-state index in [0.717, 1.165) is 6.07 Å². The zero-order chi connectivity index (χ0) is 18.1. The lowest BCUT2D eigenvalue weighted by atomic mass is 10.1. The lowest BCUT2D eigenvalue weighted by Crippen LogP contribution is -2.36. The van der Waals surface area contributed by atoms with Crippen LogP contribution in [0, 0.1) is 0 Å². The van der Waals surface area contributed by atoms with Crippen LogP contribution in [0.4, 0.5) is 29.3 Å². The summed E-state index contributed by atoms with van der Waals surface area (Å²) >= 11 is 0. The third kappa shape index (κ3) is 4.46. The molecule has 134 valence electrons. The van der Waals surface area contributed by atoms with Gasteiger partial charge in [-0.15, -0.1) is 0 Å². The fourth-order valence-corrected chi connectivity index (χ4v) is 2.53. The van der Waals surface area contributed by atoms with E-state index in [0.29, 0.717) is 19.5 Å². The maximum atomic E-state index is 12.9. The summed E-state index contributed by atoms with van der Waals surface area (Å²) in [7, 11) is 0. The van der Waals surface area contributed by atoms with Crippen molar-refractivity contribution >= 4 is 17.5 Å². The number of alkyl halides is 3. The third-order valence-corrected chi connectivity index (χ3v) is 3.61. The van der Waals surface area contributed by atoms with Crippen molar-refractivity contribution in [2.45, 2.75) is 45.0 Å². The molecule has 2 rings (SSSR count). The van der Waals surface area contributed by atoms with E-state index in [1.165, 1.54) is 17.0 Å². The monoisotopic (exact) mass is 345 g/mol. The first-order valence-corrected chi connectivity index (χ1v) is 7.67. The zero-order valence-corrected chi connectivity index (χ0v) is 13.9. The number of para-hydroxylation sites is 1. The van der Waals surface area contributed by atoms with E-state index in [2.05, 4.69) is 5.32 Å². The largest absolute Gasteiger partial charge is 0.444 e. The van der Waals surface area contributed by atoms with Crippen LogP contribution < -0.4 is 11.1 Å². The second-order valence-electron chi connectivity index (χ2n) is 6.82. The first-order chi connectivity index (χ1) is 11.0. The van der Waals surface area contributed by atoms with Crippen LogP contribution in [0.25, 0.3) is 0 Å². The first kappa shape index (κ1) is 18.2.